The molecule has 0 unspecified atom stereocenters. The van der Waals surface area contributed by atoms with Gasteiger partial charge in [-0.3, -0.25) is 0 Å². The number of hydrogen-bond acceptors (Lipinski definition) is 5. The van der Waals surface area contributed by atoms with Crippen LogP contribution in [-0.4, -0.2) is 29.9 Å². The minimum atomic E-state index is -0.681. The molecule has 0 radical (unpaired) electrons. The number of phenols is 2. The number of carbonyl (C=O) groups is 1. The lowest BCUT2D eigenvalue weighted by Gasteiger charge is -2.11. The molecule has 0 aliphatic rings. The fraction of sp³-hybridized carbons (Fsp3) is 0.214. The number of benzene rings is 2. The van der Waals surface area contributed by atoms with Crippen molar-refractivity contribution in [2.75, 3.05) is 13.7 Å². The first-order valence-corrected chi connectivity index (χ1v) is 5.78. The summed E-state index contributed by atoms with van der Waals surface area (Å²) in [5.74, 6) is -1.16. The Morgan fingerprint density at radius 3 is 2.63 bits per heavy atom. The monoisotopic (exact) mass is 262 g/mol. The van der Waals surface area contributed by atoms with E-state index >= 15 is 0 Å². The van der Waals surface area contributed by atoms with Crippen molar-refractivity contribution in [3.63, 3.8) is 0 Å². The summed E-state index contributed by atoms with van der Waals surface area (Å²) in [6, 6.07) is 6.56. The summed E-state index contributed by atoms with van der Waals surface area (Å²) in [4.78, 5) is 11.7. The number of ether oxygens (including phenoxy) is 2. The van der Waals surface area contributed by atoms with Gasteiger partial charge in [0.05, 0.1) is 19.1 Å². The third kappa shape index (κ3) is 2.14. The van der Waals surface area contributed by atoms with Crippen molar-refractivity contribution in [3.05, 3.63) is 29.8 Å². The van der Waals surface area contributed by atoms with Gasteiger partial charge in [-0.1, -0.05) is 12.1 Å². The van der Waals surface area contributed by atoms with Crippen LogP contribution < -0.4 is 4.74 Å². The van der Waals surface area contributed by atoms with Crippen LogP contribution in [-0.2, 0) is 4.74 Å². The Labute approximate surface area is 110 Å². The summed E-state index contributed by atoms with van der Waals surface area (Å²) in [5.41, 5.74) is -0.0693. The molecule has 0 fully saturated rings. The van der Waals surface area contributed by atoms with E-state index in [0.29, 0.717) is 16.5 Å². The lowest BCUT2D eigenvalue weighted by Crippen LogP contribution is -2.05. The maximum absolute atomic E-state index is 11.7. The molecule has 0 aliphatic heterocycles. The summed E-state index contributed by atoms with van der Waals surface area (Å²) in [5, 5.41) is 20.9. The Bertz CT molecular complexity index is 633. The van der Waals surface area contributed by atoms with Crippen LogP contribution in [0.2, 0.25) is 0 Å². The van der Waals surface area contributed by atoms with Crippen LogP contribution in [0.1, 0.15) is 17.3 Å². The van der Waals surface area contributed by atoms with Gasteiger partial charge in [-0.2, -0.15) is 0 Å². The Morgan fingerprint density at radius 1 is 1.26 bits per heavy atom. The molecule has 0 aliphatic carbocycles. The first-order valence-electron chi connectivity index (χ1n) is 5.78. The minimum absolute atomic E-state index is 0.0693. The lowest BCUT2D eigenvalue weighted by molar-refractivity contribution is 0.0522. The average Bonchev–Trinajstić information content (AvgIpc) is 2.42. The number of carbonyl (C=O) groups excluding carboxylic acids is 1. The van der Waals surface area contributed by atoms with E-state index in [2.05, 4.69) is 0 Å². The third-order valence-corrected chi connectivity index (χ3v) is 2.79. The highest BCUT2D eigenvalue weighted by molar-refractivity contribution is 6.04. The Hall–Kier alpha value is -2.43. The maximum Gasteiger partial charge on any atom is 0.342 e. The number of fused-ring (bicyclic) bond motifs is 1. The average molecular weight is 262 g/mol. The van der Waals surface area contributed by atoms with Crippen LogP contribution in [0.4, 0.5) is 0 Å². The van der Waals surface area contributed by atoms with Crippen LogP contribution in [0.3, 0.4) is 0 Å². The van der Waals surface area contributed by atoms with Gasteiger partial charge in [-0.25, -0.2) is 4.79 Å². The molecular weight excluding hydrogens is 248 g/mol. The van der Waals surface area contributed by atoms with Crippen molar-refractivity contribution in [3.8, 4) is 17.2 Å². The predicted molar refractivity (Wildman–Crippen MR) is 69.8 cm³/mol. The van der Waals surface area contributed by atoms with Crippen LogP contribution in [0.5, 0.6) is 17.2 Å². The van der Waals surface area contributed by atoms with Gasteiger partial charge in [0.1, 0.15) is 11.3 Å². The zero-order valence-electron chi connectivity index (χ0n) is 10.6. The first-order chi connectivity index (χ1) is 9.10. The topological polar surface area (TPSA) is 76.0 Å². The lowest BCUT2D eigenvalue weighted by atomic mass is 10.0. The Kier molecular flexibility index (Phi) is 3.46. The number of aromatic hydroxyl groups is 2. The first kappa shape index (κ1) is 13.0. The highest BCUT2D eigenvalue weighted by atomic mass is 16.5. The number of methoxy groups -OCH3 is 1. The molecule has 0 atom stereocenters. The van der Waals surface area contributed by atoms with E-state index in [1.165, 1.54) is 13.2 Å². The van der Waals surface area contributed by atoms with Gasteiger partial charge in [0, 0.05) is 0 Å². The van der Waals surface area contributed by atoms with Gasteiger partial charge in [-0.15, -0.1) is 0 Å². The standard InChI is InChI=1S/C14H14O5/c1-3-19-14(17)9-7-8-5-4-6-10(18-2)11(8)13(16)12(9)15/h4-7,15-16H,3H2,1-2H3. The summed E-state index contributed by atoms with van der Waals surface area (Å²) >= 11 is 0. The molecule has 0 saturated carbocycles. The number of phenolic OH excluding ortho intramolecular Hbond substituents is 2. The summed E-state index contributed by atoms with van der Waals surface area (Å²) in [6.45, 7) is 1.86. The van der Waals surface area contributed by atoms with Crippen molar-refractivity contribution >= 4 is 16.7 Å². The number of rotatable bonds is 3. The molecular formula is C14H14O5. The van der Waals surface area contributed by atoms with Gasteiger partial charge in [0.2, 0.25) is 0 Å². The molecule has 100 valence electrons. The van der Waals surface area contributed by atoms with Gasteiger partial charge < -0.3 is 19.7 Å². The largest absolute Gasteiger partial charge is 0.504 e. The van der Waals surface area contributed by atoms with E-state index in [9.17, 15) is 15.0 Å². The summed E-state index contributed by atoms with van der Waals surface area (Å²) in [7, 11) is 1.46. The molecule has 0 amide bonds. The molecule has 0 heterocycles. The number of esters is 1. The van der Waals surface area contributed by atoms with Crippen molar-refractivity contribution in [2.45, 2.75) is 6.92 Å². The molecule has 2 rings (SSSR count). The van der Waals surface area contributed by atoms with Gasteiger partial charge in [0.15, 0.2) is 11.5 Å². The van der Waals surface area contributed by atoms with Crippen LogP contribution in [0, 0.1) is 0 Å². The van der Waals surface area contributed by atoms with Crippen LogP contribution in [0.25, 0.3) is 10.8 Å². The van der Waals surface area contributed by atoms with E-state index < -0.39 is 17.5 Å². The molecule has 19 heavy (non-hydrogen) atoms. The molecule has 0 bridgehead atoms. The van der Waals surface area contributed by atoms with E-state index in [0.717, 1.165) is 0 Å². The zero-order valence-corrected chi connectivity index (χ0v) is 10.6. The molecule has 2 aromatic rings. The Morgan fingerprint density at radius 2 is 2.00 bits per heavy atom. The molecule has 2 N–H and O–H groups in total. The smallest absolute Gasteiger partial charge is 0.342 e. The second kappa shape index (κ2) is 5.06. The fourth-order valence-corrected chi connectivity index (χ4v) is 1.93. The highest BCUT2D eigenvalue weighted by Crippen LogP contribution is 2.41. The van der Waals surface area contributed by atoms with Crippen LogP contribution >= 0.6 is 0 Å². The van der Waals surface area contributed by atoms with Gasteiger partial charge in [0.25, 0.3) is 0 Å². The van der Waals surface area contributed by atoms with Crippen molar-refractivity contribution in [2.24, 2.45) is 0 Å². The second-order valence-electron chi connectivity index (χ2n) is 3.90. The normalized spacial score (nSPS) is 10.4. The van der Waals surface area contributed by atoms with Gasteiger partial charge >= 0.3 is 5.97 Å². The zero-order chi connectivity index (χ0) is 14.0. The maximum atomic E-state index is 11.7. The molecule has 0 aromatic heterocycles. The molecule has 0 spiro atoms. The molecule has 5 nitrogen and oxygen atoms in total. The summed E-state index contributed by atoms with van der Waals surface area (Å²) in [6.07, 6.45) is 0. The molecule has 2 aromatic carbocycles. The van der Waals surface area contributed by atoms with E-state index in [1.54, 1.807) is 25.1 Å². The van der Waals surface area contributed by atoms with Crippen molar-refractivity contribution < 1.29 is 24.5 Å². The second-order valence-corrected chi connectivity index (χ2v) is 3.90. The summed E-state index contributed by atoms with van der Waals surface area (Å²) < 4.78 is 9.95. The molecule has 5 heteroatoms. The Balaban J connectivity index is 2.72. The van der Waals surface area contributed by atoms with Gasteiger partial charge in [-0.05, 0) is 24.4 Å². The quantitative estimate of drug-likeness (QED) is 0.656. The van der Waals surface area contributed by atoms with Crippen molar-refractivity contribution in [1.29, 1.82) is 0 Å². The minimum Gasteiger partial charge on any atom is -0.504 e. The van der Waals surface area contributed by atoms with E-state index in [4.69, 9.17) is 9.47 Å². The highest BCUT2D eigenvalue weighted by Gasteiger charge is 2.20. The third-order valence-electron chi connectivity index (χ3n) is 2.79. The van der Waals surface area contributed by atoms with E-state index in [-0.39, 0.29) is 12.2 Å². The fourth-order valence-electron chi connectivity index (χ4n) is 1.93. The SMILES string of the molecule is CCOC(=O)c1cc2cccc(OC)c2c(O)c1O. The predicted octanol–water partition coefficient (Wildman–Crippen LogP) is 2.44. The number of hydrogen-bond donors (Lipinski definition) is 2. The molecule has 0 saturated heterocycles. The van der Waals surface area contributed by atoms with E-state index in [1.807, 2.05) is 0 Å². The van der Waals surface area contributed by atoms with Crippen LogP contribution in [0.15, 0.2) is 24.3 Å². The van der Waals surface area contributed by atoms with Crippen molar-refractivity contribution in [1.82, 2.24) is 0 Å².